The largest absolute Gasteiger partial charge is 0.321 e. The van der Waals surface area contributed by atoms with Crippen molar-refractivity contribution < 1.29 is 19.3 Å². The van der Waals surface area contributed by atoms with Gasteiger partial charge in [-0.3, -0.25) is 29.4 Å². The fourth-order valence-corrected chi connectivity index (χ4v) is 2.14. The van der Waals surface area contributed by atoms with Crippen LogP contribution >= 0.6 is 0 Å². The van der Waals surface area contributed by atoms with Crippen LogP contribution in [0.4, 0.5) is 5.69 Å². The van der Waals surface area contributed by atoms with E-state index in [9.17, 15) is 24.5 Å². The van der Waals surface area contributed by atoms with Crippen molar-refractivity contribution in [3.63, 3.8) is 0 Å². The van der Waals surface area contributed by atoms with Gasteiger partial charge in [-0.2, -0.15) is 0 Å². The molecule has 2 N–H and O–H groups in total. The zero-order chi connectivity index (χ0) is 15.7. The lowest BCUT2D eigenvalue weighted by Gasteiger charge is -2.15. The number of nitro benzene ring substituents is 1. The molecule has 8 heteroatoms. The molecule has 0 saturated carbocycles. The smallest absolute Gasteiger partial charge is 0.282 e. The van der Waals surface area contributed by atoms with Gasteiger partial charge in [-0.25, -0.2) is 0 Å². The van der Waals surface area contributed by atoms with Crippen LogP contribution in [0.1, 0.15) is 34.1 Å². The lowest BCUT2D eigenvalue weighted by Crippen LogP contribution is -2.37. The van der Waals surface area contributed by atoms with Crippen molar-refractivity contribution in [2.75, 3.05) is 6.54 Å². The van der Waals surface area contributed by atoms with Crippen molar-refractivity contribution in [1.82, 2.24) is 4.90 Å². The Labute approximate surface area is 119 Å². The predicted octanol–water partition coefficient (Wildman–Crippen LogP) is 0.497. The standard InChI is InChI=1S/C13H13N3O5/c1-7(17)9(14)5-6-15-12(18)8-3-2-4-10(16(20)21)11(8)13(15)19/h2-4,9H,5-6,14H2,1H3/t9-/m0/s1. The molecular formula is C13H13N3O5. The van der Waals surface area contributed by atoms with Crippen LogP contribution in [0, 0.1) is 10.1 Å². The first-order valence-electron chi connectivity index (χ1n) is 6.24. The van der Waals surface area contributed by atoms with Gasteiger partial charge in [-0.15, -0.1) is 0 Å². The van der Waals surface area contributed by atoms with E-state index in [-0.39, 0.29) is 29.9 Å². The van der Waals surface area contributed by atoms with Gasteiger partial charge in [0, 0.05) is 12.6 Å². The number of carbonyl (C=O) groups is 3. The van der Waals surface area contributed by atoms with Gasteiger partial charge in [0.2, 0.25) is 0 Å². The van der Waals surface area contributed by atoms with E-state index in [0.29, 0.717) is 0 Å². The van der Waals surface area contributed by atoms with Gasteiger partial charge in [0.05, 0.1) is 16.5 Å². The number of carbonyl (C=O) groups excluding carboxylic acids is 3. The highest BCUT2D eigenvalue weighted by atomic mass is 16.6. The highest BCUT2D eigenvalue weighted by Gasteiger charge is 2.40. The van der Waals surface area contributed by atoms with Crippen LogP contribution in [0.3, 0.4) is 0 Å². The monoisotopic (exact) mass is 291 g/mol. The minimum atomic E-state index is -0.774. The van der Waals surface area contributed by atoms with Crippen molar-refractivity contribution in [2.45, 2.75) is 19.4 Å². The average Bonchev–Trinajstić information content (AvgIpc) is 2.68. The maximum atomic E-state index is 12.2. The second kappa shape index (κ2) is 5.41. The van der Waals surface area contributed by atoms with Crippen LogP contribution in [0.2, 0.25) is 0 Å². The number of amides is 2. The van der Waals surface area contributed by atoms with Crippen LogP contribution in [0.15, 0.2) is 18.2 Å². The molecule has 0 unspecified atom stereocenters. The van der Waals surface area contributed by atoms with Crippen molar-refractivity contribution in [3.8, 4) is 0 Å². The predicted molar refractivity (Wildman–Crippen MR) is 71.7 cm³/mol. The highest BCUT2D eigenvalue weighted by Crippen LogP contribution is 2.30. The number of hydrogen-bond donors (Lipinski definition) is 1. The first-order chi connectivity index (χ1) is 9.84. The minimum Gasteiger partial charge on any atom is -0.321 e. The number of nitro groups is 1. The van der Waals surface area contributed by atoms with Gasteiger partial charge >= 0.3 is 0 Å². The Morgan fingerprint density at radius 1 is 1.38 bits per heavy atom. The lowest BCUT2D eigenvalue weighted by molar-refractivity contribution is -0.385. The van der Waals surface area contributed by atoms with E-state index in [1.165, 1.54) is 25.1 Å². The Hall–Kier alpha value is -2.61. The highest BCUT2D eigenvalue weighted by molar-refractivity contribution is 6.23. The molecule has 0 aromatic heterocycles. The number of rotatable bonds is 5. The van der Waals surface area contributed by atoms with Crippen molar-refractivity contribution in [2.24, 2.45) is 5.73 Å². The molecule has 21 heavy (non-hydrogen) atoms. The van der Waals surface area contributed by atoms with E-state index < -0.39 is 28.5 Å². The molecule has 0 saturated heterocycles. The summed E-state index contributed by atoms with van der Waals surface area (Å²) in [5.74, 6) is -1.58. The number of nitrogens with two attached hydrogens (primary N) is 1. The molecule has 110 valence electrons. The quantitative estimate of drug-likeness (QED) is 0.478. The molecule has 2 rings (SSSR count). The van der Waals surface area contributed by atoms with Crippen molar-refractivity contribution in [3.05, 3.63) is 39.4 Å². The fraction of sp³-hybridized carbons (Fsp3) is 0.308. The second-order valence-electron chi connectivity index (χ2n) is 4.72. The first kappa shape index (κ1) is 14.8. The molecule has 0 fully saturated rings. The zero-order valence-corrected chi connectivity index (χ0v) is 11.2. The van der Waals surface area contributed by atoms with Gasteiger partial charge in [-0.05, 0) is 19.4 Å². The van der Waals surface area contributed by atoms with Gasteiger partial charge in [0.15, 0.2) is 0 Å². The molecule has 1 aliphatic rings. The maximum absolute atomic E-state index is 12.2. The SMILES string of the molecule is CC(=O)[C@@H](N)CCN1C(=O)c2cccc([N+](=O)[O-])c2C1=O. The molecule has 1 aliphatic heterocycles. The summed E-state index contributed by atoms with van der Waals surface area (Å²) in [6.45, 7) is 1.27. The van der Waals surface area contributed by atoms with Crippen molar-refractivity contribution in [1.29, 1.82) is 0 Å². The number of nitrogens with zero attached hydrogens (tertiary/aromatic N) is 2. The summed E-state index contributed by atoms with van der Waals surface area (Å²) in [7, 11) is 0. The Morgan fingerprint density at radius 2 is 2.05 bits per heavy atom. The summed E-state index contributed by atoms with van der Waals surface area (Å²) in [6, 6.07) is 3.12. The topological polar surface area (TPSA) is 124 Å². The molecular weight excluding hydrogens is 278 g/mol. The molecule has 1 aromatic rings. The Bertz CT molecular complexity index is 655. The van der Waals surface area contributed by atoms with Gasteiger partial charge in [0.25, 0.3) is 17.5 Å². The summed E-state index contributed by atoms with van der Waals surface area (Å²) < 4.78 is 0. The molecule has 0 bridgehead atoms. The van der Waals surface area contributed by atoms with E-state index in [1.807, 2.05) is 0 Å². The van der Waals surface area contributed by atoms with E-state index in [0.717, 1.165) is 4.90 Å². The van der Waals surface area contributed by atoms with E-state index in [1.54, 1.807) is 0 Å². The van der Waals surface area contributed by atoms with E-state index in [2.05, 4.69) is 0 Å². The molecule has 1 heterocycles. The van der Waals surface area contributed by atoms with Crippen LogP contribution in [-0.2, 0) is 4.79 Å². The minimum absolute atomic E-state index is 0.00518. The van der Waals surface area contributed by atoms with Crippen LogP contribution in [-0.4, -0.2) is 40.0 Å². The number of hydrogen-bond acceptors (Lipinski definition) is 6. The molecule has 2 amide bonds. The molecule has 0 spiro atoms. The third-order valence-corrected chi connectivity index (χ3v) is 3.36. The Kier molecular flexibility index (Phi) is 3.81. The number of fused-ring (bicyclic) bond motifs is 1. The van der Waals surface area contributed by atoms with Crippen LogP contribution in [0.5, 0.6) is 0 Å². The van der Waals surface area contributed by atoms with Gasteiger partial charge in [-0.1, -0.05) is 6.07 Å². The van der Waals surface area contributed by atoms with E-state index >= 15 is 0 Å². The summed E-state index contributed by atoms with van der Waals surface area (Å²) in [5.41, 5.74) is 4.96. The van der Waals surface area contributed by atoms with Gasteiger partial charge < -0.3 is 5.73 Å². The number of benzene rings is 1. The van der Waals surface area contributed by atoms with Gasteiger partial charge in [0.1, 0.15) is 11.3 Å². The molecule has 0 radical (unpaired) electrons. The second-order valence-corrected chi connectivity index (χ2v) is 4.72. The van der Waals surface area contributed by atoms with Crippen molar-refractivity contribution >= 4 is 23.3 Å². The molecule has 0 aliphatic carbocycles. The number of Topliss-reactive ketones (excluding diaryl/α,β-unsaturated/α-hetero) is 1. The fourth-order valence-electron chi connectivity index (χ4n) is 2.14. The maximum Gasteiger partial charge on any atom is 0.282 e. The number of imide groups is 1. The molecule has 1 atom stereocenters. The average molecular weight is 291 g/mol. The van der Waals surface area contributed by atoms with E-state index in [4.69, 9.17) is 5.73 Å². The summed E-state index contributed by atoms with van der Waals surface area (Å²) >= 11 is 0. The lowest BCUT2D eigenvalue weighted by atomic mass is 10.1. The van der Waals surface area contributed by atoms with Crippen LogP contribution < -0.4 is 5.73 Å². The zero-order valence-electron chi connectivity index (χ0n) is 11.2. The first-order valence-corrected chi connectivity index (χ1v) is 6.24. The summed E-state index contributed by atoms with van der Waals surface area (Å²) in [6.07, 6.45) is 0.120. The summed E-state index contributed by atoms with van der Waals surface area (Å²) in [4.78, 5) is 46.5. The number of ketones is 1. The third-order valence-electron chi connectivity index (χ3n) is 3.36. The molecule has 1 aromatic carbocycles. The normalized spacial score (nSPS) is 15.0. The Balaban J connectivity index is 2.28. The summed E-state index contributed by atoms with van der Waals surface area (Å²) in [5, 5.41) is 10.9. The Morgan fingerprint density at radius 3 is 2.62 bits per heavy atom. The molecule has 8 nitrogen and oxygen atoms in total. The van der Waals surface area contributed by atoms with Crippen LogP contribution in [0.25, 0.3) is 0 Å². The third kappa shape index (κ3) is 2.52.